The third-order valence-electron chi connectivity index (χ3n) is 3.23. The van der Waals surface area contributed by atoms with Gasteiger partial charge in [0, 0.05) is 18.9 Å². The van der Waals surface area contributed by atoms with Crippen LogP contribution < -0.4 is 9.47 Å². The number of unbranched alkanes of at least 4 members (excludes halogenated alkanes) is 2. The fraction of sp³-hybridized carbons (Fsp3) is 0.471. The molecule has 2 aromatic rings. The Morgan fingerprint density at radius 3 is 2.33 bits per heavy atom. The molecule has 0 unspecified atom stereocenters. The normalized spacial score (nSPS) is 10.5. The molecular formula is C17H24N2O2. The molecule has 0 saturated heterocycles. The van der Waals surface area contributed by atoms with Gasteiger partial charge in [-0.25, -0.2) is 4.98 Å². The molecule has 0 radical (unpaired) electrons. The predicted molar refractivity (Wildman–Crippen MR) is 83.8 cm³/mol. The average Bonchev–Trinajstić information content (AvgIpc) is 3.02. The number of para-hydroxylation sites is 2. The first kappa shape index (κ1) is 15.4. The van der Waals surface area contributed by atoms with Crippen molar-refractivity contribution < 1.29 is 9.47 Å². The zero-order chi connectivity index (χ0) is 14.8. The third-order valence-corrected chi connectivity index (χ3v) is 3.23. The van der Waals surface area contributed by atoms with Gasteiger partial charge in [0.1, 0.15) is 0 Å². The minimum Gasteiger partial charge on any atom is -0.490 e. The number of rotatable bonds is 10. The van der Waals surface area contributed by atoms with E-state index in [1.165, 1.54) is 0 Å². The Morgan fingerprint density at radius 1 is 1.00 bits per heavy atom. The van der Waals surface area contributed by atoms with Crippen LogP contribution in [0.25, 0.3) is 0 Å². The smallest absolute Gasteiger partial charge is 0.161 e. The van der Waals surface area contributed by atoms with E-state index < -0.39 is 0 Å². The molecule has 0 atom stereocenters. The lowest BCUT2D eigenvalue weighted by Gasteiger charge is -2.12. The van der Waals surface area contributed by atoms with Gasteiger partial charge in [-0.15, -0.1) is 0 Å². The summed E-state index contributed by atoms with van der Waals surface area (Å²) in [4.78, 5) is 4.03. The minimum absolute atomic E-state index is 0.711. The van der Waals surface area contributed by atoms with Crippen molar-refractivity contribution in [1.29, 1.82) is 0 Å². The van der Waals surface area contributed by atoms with Crippen molar-refractivity contribution in [2.75, 3.05) is 13.2 Å². The third kappa shape index (κ3) is 5.50. The van der Waals surface area contributed by atoms with Crippen molar-refractivity contribution in [2.45, 2.75) is 39.2 Å². The molecule has 1 aromatic heterocycles. The van der Waals surface area contributed by atoms with Crippen LogP contribution in [0.3, 0.4) is 0 Å². The molecule has 1 heterocycles. The highest BCUT2D eigenvalue weighted by Gasteiger charge is 2.03. The van der Waals surface area contributed by atoms with Crippen LogP contribution in [0.2, 0.25) is 0 Å². The number of nitrogens with zero attached hydrogens (tertiary/aromatic N) is 2. The van der Waals surface area contributed by atoms with Gasteiger partial charge in [0.15, 0.2) is 11.5 Å². The Morgan fingerprint density at radius 2 is 1.71 bits per heavy atom. The molecule has 4 heteroatoms. The first-order chi connectivity index (χ1) is 10.4. The molecule has 4 nitrogen and oxygen atoms in total. The number of aromatic nitrogens is 2. The number of benzene rings is 1. The summed E-state index contributed by atoms with van der Waals surface area (Å²) < 4.78 is 13.7. The minimum atomic E-state index is 0.711. The van der Waals surface area contributed by atoms with E-state index in [2.05, 4.69) is 16.5 Å². The molecule has 0 aliphatic carbocycles. The summed E-state index contributed by atoms with van der Waals surface area (Å²) in [5.74, 6) is 1.69. The molecule has 0 aliphatic rings. The SMILES string of the molecule is CCCCOc1ccccc1OCCCCn1ccnc1. The molecule has 1 aromatic carbocycles. The van der Waals surface area contributed by atoms with Gasteiger partial charge in [0.05, 0.1) is 19.5 Å². The predicted octanol–water partition coefficient (Wildman–Crippen LogP) is 3.92. The molecule has 0 aliphatic heterocycles. The molecule has 114 valence electrons. The maximum absolute atomic E-state index is 5.84. The molecule has 0 spiro atoms. The second-order valence-corrected chi connectivity index (χ2v) is 5.00. The van der Waals surface area contributed by atoms with Crippen LogP contribution in [0.15, 0.2) is 43.0 Å². The van der Waals surface area contributed by atoms with Crippen molar-refractivity contribution >= 4 is 0 Å². The highest BCUT2D eigenvalue weighted by Crippen LogP contribution is 2.26. The number of aryl methyl sites for hydroxylation is 1. The quantitative estimate of drug-likeness (QED) is 0.622. The lowest BCUT2D eigenvalue weighted by Crippen LogP contribution is -2.03. The number of ether oxygens (including phenoxy) is 2. The lowest BCUT2D eigenvalue weighted by atomic mass is 10.3. The summed E-state index contributed by atoms with van der Waals surface area (Å²) in [5.41, 5.74) is 0. The highest BCUT2D eigenvalue weighted by atomic mass is 16.5. The lowest BCUT2D eigenvalue weighted by molar-refractivity contribution is 0.259. The maximum Gasteiger partial charge on any atom is 0.161 e. The topological polar surface area (TPSA) is 36.3 Å². The van der Waals surface area contributed by atoms with E-state index in [-0.39, 0.29) is 0 Å². The summed E-state index contributed by atoms with van der Waals surface area (Å²) in [5, 5.41) is 0. The molecule has 0 N–H and O–H groups in total. The largest absolute Gasteiger partial charge is 0.490 e. The van der Waals surface area contributed by atoms with E-state index in [1.807, 2.05) is 36.8 Å². The van der Waals surface area contributed by atoms with Crippen molar-refractivity contribution in [3.8, 4) is 11.5 Å². The van der Waals surface area contributed by atoms with Crippen molar-refractivity contribution in [2.24, 2.45) is 0 Å². The van der Waals surface area contributed by atoms with Gasteiger partial charge < -0.3 is 14.0 Å². The van der Waals surface area contributed by atoms with E-state index in [4.69, 9.17) is 9.47 Å². The first-order valence-electron chi connectivity index (χ1n) is 7.70. The second-order valence-electron chi connectivity index (χ2n) is 5.00. The van der Waals surface area contributed by atoms with E-state index in [9.17, 15) is 0 Å². The van der Waals surface area contributed by atoms with Gasteiger partial charge >= 0.3 is 0 Å². The fourth-order valence-electron chi connectivity index (χ4n) is 2.01. The van der Waals surface area contributed by atoms with Crippen LogP contribution in [0.1, 0.15) is 32.6 Å². The van der Waals surface area contributed by atoms with Gasteiger partial charge in [0.2, 0.25) is 0 Å². The van der Waals surface area contributed by atoms with E-state index in [0.717, 1.165) is 50.3 Å². The van der Waals surface area contributed by atoms with Crippen molar-refractivity contribution in [3.05, 3.63) is 43.0 Å². The zero-order valence-electron chi connectivity index (χ0n) is 12.7. The van der Waals surface area contributed by atoms with Crippen molar-refractivity contribution in [1.82, 2.24) is 9.55 Å². The van der Waals surface area contributed by atoms with Gasteiger partial charge in [-0.2, -0.15) is 0 Å². The molecule has 0 fully saturated rings. The molecule has 2 rings (SSSR count). The van der Waals surface area contributed by atoms with E-state index >= 15 is 0 Å². The highest BCUT2D eigenvalue weighted by molar-refractivity contribution is 5.39. The second kappa shape index (κ2) is 9.06. The van der Waals surface area contributed by atoms with Gasteiger partial charge in [-0.05, 0) is 31.4 Å². The Labute approximate surface area is 126 Å². The summed E-state index contributed by atoms with van der Waals surface area (Å²) in [6.45, 7) is 4.60. The monoisotopic (exact) mass is 288 g/mol. The number of hydrogen-bond donors (Lipinski definition) is 0. The van der Waals surface area contributed by atoms with Crippen LogP contribution in [0.5, 0.6) is 11.5 Å². The summed E-state index contributed by atoms with van der Waals surface area (Å²) in [7, 11) is 0. The summed E-state index contributed by atoms with van der Waals surface area (Å²) in [6.07, 6.45) is 9.93. The van der Waals surface area contributed by atoms with Gasteiger partial charge in [-0.3, -0.25) is 0 Å². The Bertz CT molecular complexity index is 497. The van der Waals surface area contributed by atoms with Crippen LogP contribution in [-0.4, -0.2) is 22.8 Å². The molecule has 0 bridgehead atoms. The molecule has 0 saturated carbocycles. The van der Waals surface area contributed by atoms with E-state index in [0.29, 0.717) is 6.61 Å². The van der Waals surface area contributed by atoms with Gasteiger partial charge in [-0.1, -0.05) is 25.5 Å². The molecular weight excluding hydrogens is 264 g/mol. The first-order valence-corrected chi connectivity index (χ1v) is 7.70. The van der Waals surface area contributed by atoms with Crippen LogP contribution in [0.4, 0.5) is 0 Å². The standard InChI is InChI=1S/C17H24N2O2/c1-2-3-13-20-16-8-4-5-9-17(16)21-14-7-6-11-19-12-10-18-15-19/h4-5,8-10,12,15H,2-3,6-7,11,13-14H2,1H3. The van der Waals surface area contributed by atoms with Gasteiger partial charge in [0.25, 0.3) is 0 Å². The maximum atomic E-state index is 5.84. The van der Waals surface area contributed by atoms with Crippen LogP contribution >= 0.6 is 0 Å². The Kier molecular flexibility index (Phi) is 6.65. The van der Waals surface area contributed by atoms with Crippen molar-refractivity contribution in [3.63, 3.8) is 0 Å². The summed E-state index contributed by atoms with van der Waals surface area (Å²) >= 11 is 0. The number of hydrogen-bond acceptors (Lipinski definition) is 3. The van der Waals surface area contributed by atoms with E-state index in [1.54, 1.807) is 6.20 Å². The Hall–Kier alpha value is -1.97. The molecule has 0 amide bonds. The van der Waals surface area contributed by atoms with Crippen LogP contribution in [-0.2, 0) is 6.54 Å². The fourth-order valence-corrected chi connectivity index (χ4v) is 2.01. The Balaban J connectivity index is 1.69. The van der Waals surface area contributed by atoms with Crippen LogP contribution in [0, 0.1) is 0 Å². The summed E-state index contributed by atoms with van der Waals surface area (Å²) in [6, 6.07) is 7.90. The zero-order valence-corrected chi connectivity index (χ0v) is 12.7. The molecule has 21 heavy (non-hydrogen) atoms. The number of imidazole rings is 1. The average molecular weight is 288 g/mol.